The van der Waals surface area contributed by atoms with E-state index in [0.717, 1.165) is 6.54 Å². The molecule has 1 amide bonds. The highest BCUT2D eigenvalue weighted by Gasteiger charge is 2.48. The zero-order valence-electron chi connectivity index (χ0n) is 16.5. The standard InChI is InChI=1S/C20H26F2N2O4S/c1-20(2)18(26)17(24-8-7-23(11-16(24)25)10-12-3-4-12)14-9-13(29(27)19(21)22)5-6-15(14)28-20/h5-6,9,12,17-19,26H,3-4,7-8,10-11H2,1-2H3. The number of hydrogen-bond donors (Lipinski definition) is 1. The number of fused-ring (bicyclic) bond motifs is 1. The summed E-state index contributed by atoms with van der Waals surface area (Å²) in [6.07, 6.45) is 1.36. The summed E-state index contributed by atoms with van der Waals surface area (Å²) in [5.74, 6) is -2.03. The second kappa shape index (κ2) is 7.59. The second-order valence-corrected chi connectivity index (χ2v) is 10.0. The lowest BCUT2D eigenvalue weighted by Crippen LogP contribution is -2.59. The molecule has 1 saturated heterocycles. The molecule has 1 saturated carbocycles. The summed E-state index contributed by atoms with van der Waals surface area (Å²) < 4.78 is 43.7. The maximum atomic E-state index is 13.0. The number of benzene rings is 1. The summed E-state index contributed by atoms with van der Waals surface area (Å²) in [6, 6.07) is 3.49. The van der Waals surface area contributed by atoms with Crippen molar-refractivity contribution < 1.29 is 27.6 Å². The van der Waals surface area contributed by atoms with Crippen molar-refractivity contribution in [2.24, 2.45) is 5.92 Å². The van der Waals surface area contributed by atoms with Gasteiger partial charge < -0.3 is 14.7 Å². The smallest absolute Gasteiger partial charge is 0.316 e. The molecular formula is C20H26F2N2O4S. The molecule has 160 valence electrons. The fourth-order valence-electron chi connectivity index (χ4n) is 4.16. The van der Waals surface area contributed by atoms with E-state index in [1.165, 1.54) is 31.0 Å². The van der Waals surface area contributed by atoms with Crippen LogP contribution < -0.4 is 4.74 Å². The summed E-state index contributed by atoms with van der Waals surface area (Å²) in [6.45, 7) is 5.78. The number of alkyl halides is 2. The number of aliphatic hydroxyl groups excluding tert-OH is 1. The van der Waals surface area contributed by atoms with Crippen LogP contribution in [0, 0.1) is 5.92 Å². The van der Waals surface area contributed by atoms with Crippen molar-refractivity contribution in [1.29, 1.82) is 0 Å². The van der Waals surface area contributed by atoms with Gasteiger partial charge in [0.15, 0.2) is 0 Å². The largest absolute Gasteiger partial charge is 0.485 e. The number of hydrogen-bond acceptors (Lipinski definition) is 5. The molecule has 1 aliphatic carbocycles. The van der Waals surface area contributed by atoms with Gasteiger partial charge in [0, 0.05) is 30.1 Å². The maximum Gasteiger partial charge on any atom is 0.316 e. The summed E-state index contributed by atoms with van der Waals surface area (Å²) in [5, 5.41) is 11.0. The molecule has 1 aromatic rings. The Bertz CT molecular complexity index is 831. The Hall–Kier alpha value is -1.58. The van der Waals surface area contributed by atoms with Crippen molar-refractivity contribution in [3.8, 4) is 5.75 Å². The number of carbonyl (C=O) groups excluding carboxylic acids is 1. The molecule has 6 nitrogen and oxygen atoms in total. The van der Waals surface area contributed by atoms with Crippen molar-refractivity contribution in [2.75, 3.05) is 26.2 Å². The second-order valence-electron chi connectivity index (χ2n) is 8.62. The van der Waals surface area contributed by atoms with E-state index in [4.69, 9.17) is 4.74 Å². The van der Waals surface area contributed by atoms with Crippen LogP contribution in [0.4, 0.5) is 8.78 Å². The first-order chi connectivity index (χ1) is 13.7. The SMILES string of the molecule is CC1(C)Oc2ccc(S(=O)C(F)F)cc2C(N2CCN(CC3CC3)CC2=O)C1O. The first-order valence-corrected chi connectivity index (χ1v) is 11.1. The zero-order chi connectivity index (χ0) is 20.9. The van der Waals surface area contributed by atoms with Crippen molar-refractivity contribution >= 4 is 16.7 Å². The number of carbonyl (C=O) groups is 1. The van der Waals surface area contributed by atoms with Gasteiger partial charge in [0.1, 0.15) is 28.3 Å². The Kier molecular flexibility index (Phi) is 5.41. The van der Waals surface area contributed by atoms with Crippen LogP contribution in [0.15, 0.2) is 23.1 Å². The van der Waals surface area contributed by atoms with Crippen LogP contribution in [-0.4, -0.2) is 68.7 Å². The highest BCUT2D eigenvalue weighted by atomic mass is 32.2. The van der Waals surface area contributed by atoms with Gasteiger partial charge in [0.05, 0.1) is 12.6 Å². The average Bonchev–Trinajstić information content (AvgIpc) is 3.47. The minimum Gasteiger partial charge on any atom is -0.485 e. The number of amides is 1. The molecule has 4 rings (SSSR count). The lowest BCUT2D eigenvalue weighted by molar-refractivity contribution is -0.150. The van der Waals surface area contributed by atoms with Gasteiger partial charge in [0.2, 0.25) is 5.91 Å². The van der Waals surface area contributed by atoms with Crippen molar-refractivity contribution in [1.82, 2.24) is 9.80 Å². The molecule has 0 spiro atoms. The predicted octanol–water partition coefficient (Wildman–Crippen LogP) is 2.14. The predicted molar refractivity (Wildman–Crippen MR) is 103 cm³/mol. The van der Waals surface area contributed by atoms with E-state index in [1.807, 2.05) is 0 Å². The first kappa shape index (κ1) is 20.7. The normalized spacial score (nSPS) is 28.2. The average molecular weight is 429 g/mol. The topological polar surface area (TPSA) is 70.1 Å². The maximum absolute atomic E-state index is 13.0. The quantitative estimate of drug-likeness (QED) is 0.778. The molecule has 9 heteroatoms. The van der Waals surface area contributed by atoms with Crippen LogP contribution in [0.5, 0.6) is 5.75 Å². The van der Waals surface area contributed by atoms with E-state index in [2.05, 4.69) is 4.90 Å². The number of nitrogens with zero attached hydrogens (tertiary/aromatic N) is 2. The van der Waals surface area contributed by atoms with E-state index in [1.54, 1.807) is 18.7 Å². The lowest BCUT2D eigenvalue weighted by Gasteiger charge is -2.48. The molecule has 3 unspecified atom stereocenters. The number of rotatable bonds is 5. The van der Waals surface area contributed by atoms with E-state index in [9.17, 15) is 22.9 Å². The molecule has 2 fully saturated rings. The zero-order valence-corrected chi connectivity index (χ0v) is 17.3. The fourth-order valence-corrected chi connectivity index (χ4v) is 4.81. The molecule has 0 aromatic heterocycles. The van der Waals surface area contributed by atoms with E-state index >= 15 is 0 Å². The summed E-state index contributed by atoms with van der Waals surface area (Å²) in [5.41, 5.74) is -0.542. The lowest BCUT2D eigenvalue weighted by atomic mass is 9.85. The molecule has 0 radical (unpaired) electrons. The third-order valence-corrected chi connectivity index (χ3v) is 7.01. The minimum atomic E-state index is -3.01. The van der Waals surface area contributed by atoms with Gasteiger partial charge in [-0.15, -0.1) is 0 Å². The number of ether oxygens (including phenoxy) is 1. The Labute approximate surface area is 171 Å². The van der Waals surface area contributed by atoms with Gasteiger partial charge in [-0.05, 0) is 50.8 Å². The Balaban J connectivity index is 1.65. The van der Waals surface area contributed by atoms with Gasteiger partial charge >= 0.3 is 5.76 Å². The van der Waals surface area contributed by atoms with E-state index in [-0.39, 0.29) is 17.3 Å². The third-order valence-electron chi connectivity index (χ3n) is 5.96. The van der Waals surface area contributed by atoms with Gasteiger partial charge in [-0.3, -0.25) is 9.69 Å². The van der Waals surface area contributed by atoms with Gasteiger partial charge in [0.25, 0.3) is 0 Å². The van der Waals surface area contributed by atoms with Gasteiger partial charge in [-0.25, -0.2) is 4.21 Å². The van der Waals surface area contributed by atoms with Crippen molar-refractivity contribution in [3.05, 3.63) is 23.8 Å². The Morgan fingerprint density at radius 1 is 1.31 bits per heavy atom. The van der Waals surface area contributed by atoms with Crippen molar-refractivity contribution in [3.63, 3.8) is 0 Å². The third kappa shape index (κ3) is 4.04. The van der Waals surface area contributed by atoms with Crippen LogP contribution in [0.2, 0.25) is 0 Å². The van der Waals surface area contributed by atoms with Crippen LogP contribution in [-0.2, 0) is 15.6 Å². The van der Waals surface area contributed by atoms with Crippen LogP contribution in [0.3, 0.4) is 0 Å². The summed E-state index contributed by atoms with van der Waals surface area (Å²) in [4.78, 5) is 16.7. The highest BCUT2D eigenvalue weighted by molar-refractivity contribution is 7.85. The number of aliphatic hydroxyl groups is 1. The molecule has 2 heterocycles. The molecule has 2 aliphatic heterocycles. The molecule has 1 N–H and O–H groups in total. The summed E-state index contributed by atoms with van der Waals surface area (Å²) in [7, 11) is -2.48. The minimum absolute atomic E-state index is 0.0425. The van der Waals surface area contributed by atoms with Crippen LogP contribution in [0.1, 0.15) is 38.3 Å². The van der Waals surface area contributed by atoms with E-state index in [0.29, 0.717) is 30.3 Å². The summed E-state index contributed by atoms with van der Waals surface area (Å²) >= 11 is 0. The first-order valence-electron chi connectivity index (χ1n) is 9.89. The van der Waals surface area contributed by atoms with Crippen LogP contribution in [0.25, 0.3) is 0 Å². The van der Waals surface area contributed by atoms with Crippen LogP contribution >= 0.6 is 0 Å². The fraction of sp³-hybridized carbons (Fsp3) is 0.650. The van der Waals surface area contributed by atoms with E-state index < -0.39 is 34.3 Å². The Morgan fingerprint density at radius 3 is 2.66 bits per heavy atom. The van der Waals surface area contributed by atoms with Gasteiger partial charge in [-0.1, -0.05) is 0 Å². The molecule has 0 bridgehead atoms. The van der Waals surface area contributed by atoms with Gasteiger partial charge in [-0.2, -0.15) is 8.78 Å². The molecule has 29 heavy (non-hydrogen) atoms. The number of halogens is 2. The molecule has 1 aromatic carbocycles. The molecular weight excluding hydrogens is 402 g/mol. The Morgan fingerprint density at radius 2 is 2.03 bits per heavy atom. The highest BCUT2D eigenvalue weighted by Crippen LogP contribution is 2.44. The number of piperazine rings is 1. The van der Waals surface area contributed by atoms with Crippen molar-refractivity contribution in [2.45, 2.75) is 55.1 Å². The molecule has 3 atom stereocenters. The monoisotopic (exact) mass is 428 g/mol. The molecule has 3 aliphatic rings.